The summed E-state index contributed by atoms with van der Waals surface area (Å²) in [5.41, 5.74) is 0.990. The summed E-state index contributed by atoms with van der Waals surface area (Å²) in [5.74, 6) is 1.54. The van der Waals surface area contributed by atoms with Crippen LogP contribution >= 0.6 is 0 Å². The minimum atomic E-state index is 0.257. The highest BCUT2D eigenvalue weighted by Gasteiger charge is 2.17. The quantitative estimate of drug-likeness (QED) is 0.849. The van der Waals surface area contributed by atoms with E-state index in [-0.39, 0.29) is 6.04 Å². The molecule has 1 fully saturated rings. The molecule has 1 saturated heterocycles. The van der Waals surface area contributed by atoms with Crippen molar-refractivity contribution < 1.29 is 9.15 Å². The van der Waals surface area contributed by atoms with E-state index < -0.39 is 0 Å². The Bertz CT molecular complexity index is 319. The van der Waals surface area contributed by atoms with Gasteiger partial charge in [-0.25, -0.2) is 4.98 Å². The van der Waals surface area contributed by atoms with E-state index in [1.165, 1.54) is 0 Å². The van der Waals surface area contributed by atoms with Gasteiger partial charge in [0.25, 0.3) is 0 Å². The first kappa shape index (κ1) is 11.6. The number of nitrogens with one attached hydrogen (secondary N) is 1. The van der Waals surface area contributed by atoms with E-state index in [9.17, 15) is 0 Å². The van der Waals surface area contributed by atoms with Crippen molar-refractivity contribution in [3.63, 3.8) is 0 Å². The van der Waals surface area contributed by atoms with Crippen molar-refractivity contribution in [2.24, 2.45) is 5.92 Å². The fraction of sp³-hybridized carbons (Fsp3) is 0.750. The predicted molar refractivity (Wildman–Crippen MR) is 61.2 cm³/mol. The van der Waals surface area contributed by atoms with Gasteiger partial charge in [0.2, 0.25) is 0 Å². The molecule has 0 bridgehead atoms. The van der Waals surface area contributed by atoms with Gasteiger partial charge in [0, 0.05) is 25.7 Å². The van der Waals surface area contributed by atoms with Crippen molar-refractivity contribution in [1.29, 1.82) is 0 Å². The number of oxazole rings is 1. The van der Waals surface area contributed by atoms with E-state index in [1.54, 1.807) is 6.26 Å². The number of aromatic nitrogens is 1. The number of nitrogens with zero attached hydrogens (tertiary/aromatic N) is 1. The molecular weight excluding hydrogens is 204 g/mol. The van der Waals surface area contributed by atoms with Crippen molar-refractivity contribution in [2.75, 3.05) is 20.3 Å². The van der Waals surface area contributed by atoms with Gasteiger partial charge in [-0.3, -0.25) is 0 Å². The molecule has 0 radical (unpaired) electrons. The Balaban J connectivity index is 1.91. The van der Waals surface area contributed by atoms with Crippen molar-refractivity contribution in [2.45, 2.75) is 32.2 Å². The molecule has 0 aliphatic carbocycles. The number of ether oxygens (including phenoxy) is 1. The summed E-state index contributed by atoms with van der Waals surface area (Å²) < 4.78 is 10.8. The number of hydrogen-bond acceptors (Lipinski definition) is 4. The third kappa shape index (κ3) is 2.83. The first-order valence-electron chi connectivity index (χ1n) is 5.99. The Labute approximate surface area is 96.4 Å². The van der Waals surface area contributed by atoms with Crippen molar-refractivity contribution in [1.82, 2.24) is 10.3 Å². The van der Waals surface area contributed by atoms with Crippen molar-refractivity contribution >= 4 is 0 Å². The van der Waals surface area contributed by atoms with E-state index in [0.29, 0.717) is 5.92 Å². The zero-order valence-corrected chi connectivity index (χ0v) is 10.0. The fourth-order valence-electron chi connectivity index (χ4n) is 1.96. The van der Waals surface area contributed by atoms with E-state index in [2.05, 4.69) is 17.2 Å². The summed E-state index contributed by atoms with van der Waals surface area (Å²) in [4.78, 5) is 4.51. The van der Waals surface area contributed by atoms with Crippen LogP contribution in [0.2, 0.25) is 0 Å². The summed E-state index contributed by atoms with van der Waals surface area (Å²) in [6.07, 6.45) is 4.95. The molecular formula is C12H20N2O2. The lowest BCUT2D eigenvalue weighted by molar-refractivity contribution is 0.0647. The summed E-state index contributed by atoms with van der Waals surface area (Å²) in [7, 11) is 1.93. The monoisotopic (exact) mass is 224 g/mol. The Kier molecular flexibility index (Phi) is 3.96. The largest absolute Gasteiger partial charge is 0.449 e. The Morgan fingerprint density at radius 1 is 1.50 bits per heavy atom. The van der Waals surface area contributed by atoms with Crippen LogP contribution in [0.25, 0.3) is 0 Å². The third-order valence-electron chi connectivity index (χ3n) is 3.25. The van der Waals surface area contributed by atoms with Crippen molar-refractivity contribution in [3.05, 3.63) is 17.8 Å². The summed E-state index contributed by atoms with van der Waals surface area (Å²) in [5, 5.41) is 3.16. The maximum absolute atomic E-state index is 5.50. The smallest absolute Gasteiger partial charge is 0.194 e. The molecule has 0 saturated carbocycles. The summed E-state index contributed by atoms with van der Waals surface area (Å²) >= 11 is 0. The number of hydrogen-bond donors (Lipinski definition) is 1. The third-order valence-corrected chi connectivity index (χ3v) is 3.25. The molecule has 1 aromatic heterocycles. The second kappa shape index (κ2) is 5.46. The standard InChI is InChI=1S/C12H20N2O2/c1-9(13-2)11-8-16-12(14-11)7-10-3-5-15-6-4-10/h8-10,13H,3-7H2,1-2H3. The Hall–Kier alpha value is -0.870. The molecule has 1 aromatic rings. The highest BCUT2D eigenvalue weighted by molar-refractivity contribution is 5.02. The molecule has 0 spiro atoms. The molecule has 1 atom stereocenters. The first-order valence-corrected chi connectivity index (χ1v) is 5.99. The SMILES string of the molecule is CNC(C)c1coc(CC2CCOCC2)n1. The zero-order chi connectivity index (χ0) is 11.4. The Morgan fingerprint density at radius 3 is 2.94 bits per heavy atom. The highest BCUT2D eigenvalue weighted by Crippen LogP contribution is 2.20. The molecule has 1 aliphatic heterocycles. The maximum atomic E-state index is 5.50. The maximum Gasteiger partial charge on any atom is 0.194 e. The summed E-state index contributed by atoms with van der Waals surface area (Å²) in [6.45, 7) is 3.84. The number of rotatable bonds is 4. The van der Waals surface area contributed by atoms with Gasteiger partial charge in [-0.2, -0.15) is 0 Å². The molecule has 4 heteroatoms. The van der Waals surface area contributed by atoms with Crippen LogP contribution in [0, 0.1) is 5.92 Å². The second-order valence-electron chi connectivity index (χ2n) is 4.44. The van der Waals surface area contributed by atoms with E-state index in [4.69, 9.17) is 9.15 Å². The average molecular weight is 224 g/mol. The highest BCUT2D eigenvalue weighted by atomic mass is 16.5. The minimum Gasteiger partial charge on any atom is -0.449 e. The lowest BCUT2D eigenvalue weighted by Gasteiger charge is -2.20. The molecule has 0 amide bonds. The Morgan fingerprint density at radius 2 is 2.25 bits per heavy atom. The summed E-state index contributed by atoms with van der Waals surface area (Å²) in [6, 6.07) is 0.257. The topological polar surface area (TPSA) is 47.3 Å². The van der Waals surface area contributed by atoms with Gasteiger partial charge in [0.05, 0.1) is 5.69 Å². The van der Waals surface area contributed by atoms with Crippen LogP contribution in [-0.4, -0.2) is 25.2 Å². The van der Waals surface area contributed by atoms with Crippen LogP contribution in [0.15, 0.2) is 10.7 Å². The van der Waals surface area contributed by atoms with Gasteiger partial charge in [-0.15, -0.1) is 0 Å². The lowest BCUT2D eigenvalue weighted by Crippen LogP contribution is -2.18. The predicted octanol–water partition coefficient (Wildman–Crippen LogP) is 1.92. The van der Waals surface area contributed by atoms with Crippen LogP contribution < -0.4 is 5.32 Å². The normalized spacial score (nSPS) is 19.9. The van der Waals surface area contributed by atoms with E-state index in [1.807, 2.05) is 7.05 Å². The van der Waals surface area contributed by atoms with Gasteiger partial charge in [0.15, 0.2) is 5.89 Å². The van der Waals surface area contributed by atoms with Crippen LogP contribution in [0.4, 0.5) is 0 Å². The van der Waals surface area contributed by atoms with Gasteiger partial charge in [0.1, 0.15) is 6.26 Å². The molecule has 2 rings (SSSR count). The fourth-order valence-corrected chi connectivity index (χ4v) is 1.96. The molecule has 2 heterocycles. The first-order chi connectivity index (χ1) is 7.79. The van der Waals surface area contributed by atoms with Gasteiger partial charge in [-0.05, 0) is 32.7 Å². The molecule has 16 heavy (non-hydrogen) atoms. The van der Waals surface area contributed by atoms with E-state index in [0.717, 1.165) is 44.1 Å². The zero-order valence-electron chi connectivity index (χ0n) is 10.0. The molecule has 1 aliphatic rings. The van der Waals surface area contributed by atoms with Gasteiger partial charge >= 0.3 is 0 Å². The molecule has 4 nitrogen and oxygen atoms in total. The molecule has 90 valence electrons. The van der Waals surface area contributed by atoms with Crippen LogP contribution in [0.3, 0.4) is 0 Å². The molecule has 0 aromatic carbocycles. The lowest BCUT2D eigenvalue weighted by atomic mass is 9.97. The molecule has 1 N–H and O–H groups in total. The van der Waals surface area contributed by atoms with Crippen LogP contribution in [0.1, 0.15) is 37.4 Å². The average Bonchev–Trinajstić information content (AvgIpc) is 2.78. The second-order valence-corrected chi connectivity index (χ2v) is 4.44. The van der Waals surface area contributed by atoms with Gasteiger partial charge < -0.3 is 14.5 Å². The molecule has 1 unspecified atom stereocenters. The van der Waals surface area contributed by atoms with Crippen molar-refractivity contribution in [3.8, 4) is 0 Å². The minimum absolute atomic E-state index is 0.257. The van der Waals surface area contributed by atoms with E-state index >= 15 is 0 Å². The van der Waals surface area contributed by atoms with Gasteiger partial charge in [-0.1, -0.05) is 0 Å². The van der Waals surface area contributed by atoms with Crippen LogP contribution in [-0.2, 0) is 11.2 Å². The van der Waals surface area contributed by atoms with Crippen LogP contribution in [0.5, 0.6) is 0 Å².